The zero-order valence-electron chi connectivity index (χ0n) is 5.73. The summed E-state index contributed by atoms with van der Waals surface area (Å²) in [5, 5.41) is 8.97. The quantitative estimate of drug-likeness (QED) is 0.708. The van der Waals surface area contributed by atoms with E-state index in [9.17, 15) is 0 Å². The highest BCUT2D eigenvalue weighted by molar-refractivity contribution is 5.85. The lowest BCUT2D eigenvalue weighted by atomic mass is 10.3. The molecule has 1 aromatic heterocycles. The van der Waals surface area contributed by atoms with Crippen molar-refractivity contribution in [2.75, 3.05) is 0 Å². The van der Waals surface area contributed by atoms with Crippen LogP contribution < -0.4 is 5.73 Å². The fourth-order valence-corrected chi connectivity index (χ4v) is 0.587. The summed E-state index contributed by atoms with van der Waals surface area (Å²) in [6, 6.07) is 3.23. The van der Waals surface area contributed by atoms with E-state index in [4.69, 9.17) is 10.8 Å². The van der Waals surface area contributed by atoms with Crippen molar-refractivity contribution in [1.82, 2.24) is 4.98 Å². The summed E-state index contributed by atoms with van der Waals surface area (Å²) in [5.74, 6) is 0.167. The number of rotatable bonds is 1. The summed E-state index contributed by atoms with van der Waals surface area (Å²) in [6.07, 6.45) is 1.60. The highest BCUT2D eigenvalue weighted by Gasteiger charge is 1.94. The molecule has 0 radical (unpaired) electrons. The van der Waals surface area contributed by atoms with Crippen molar-refractivity contribution in [3.05, 3.63) is 24.0 Å². The van der Waals surface area contributed by atoms with Crippen LogP contribution in [-0.4, -0.2) is 10.1 Å². The van der Waals surface area contributed by atoms with Crippen molar-refractivity contribution in [3.63, 3.8) is 0 Å². The molecule has 0 atom stereocenters. The van der Waals surface area contributed by atoms with Crippen molar-refractivity contribution in [2.24, 2.45) is 5.73 Å². The molecule has 0 unspecified atom stereocenters. The minimum absolute atomic E-state index is 0. The first-order valence-corrected chi connectivity index (χ1v) is 2.67. The molecule has 1 heterocycles. The molecule has 1 rings (SSSR count). The van der Waals surface area contributed by atoms with Crippen molar-refractivity contribution in [3.8, 4) is 5.75 Å². The van der Waals surface area contributed by atoms with Crippen LogP contribution in [0.2, 0.25) is 0 Å². The predicted octanol–water partition coefficient (Wildman–Crippen LogP) is 1.09. The van der Waals surface area contributed by atoms with Gasteiger partial charge in [0, 0.05) is 12.7 Å². The van der Waals surface area contributed by atoms with Crippen LogP contribution >= 0.6 is 24.8 Å². The second-order valence-electron chi connectivity index (χ2n) is 1.67. The molecule has 5 heteroatoms. The Balaban J connectivity index is 0. The first-order valence-electron chi connectivity index (χ1n) is 2.67. The summed E-state index contributed by atoms with van der Waals surface area (Å²) in [5.41, 5.74) is 5.77. The Hall–Kier alpha value is -0.510. The molecular formula is C6H10Cl2N2O. The van der Waals surface area contributed by atoms with Gasteiger partial charge in [0.15, 0.2) is 0 Å². The Morgan fingerprint density at radius 1 is 1.45 bits per heavy atom. The van der Waals surface area contributed by atoms with E-state index in [-0.39, 0.29) is 37.1 Å². The SMILES string of the molecule is Cl.Cl.NCc1ncccc1O. The van der Waals surface area contributed by atoms with Crippen LogP contribution in [0.5, 0.6) is 5.75 Å². The molecule has 11 heavy (non-hydrogen) atoms. The lowest BCUT2D eigenvalue weighted by molar-refractivity contribution is 0.464. The minimum Gasteiger partial charge on any atom is -0.506 e. The van der Waals surface area contributed by atoms with Crippen LogP contribution in [0.15, 0.2) is 18.3 Å². The van der Waals surface area contributed by atoms with Gasteiger partial charge >= 0.3 is 0 Å². The van der Waals surface area contributed by atoms with Gasteiger partial charge in [-0.15, -0.1) is 24.8 Å². The Labute approximate surface area is 77.5 Å². The number of pyridine rings is 1. The Bertz CT molecular complexity index is 208. The topological polar surface area (TPSA) is 59.1 Å². The summed E-state index contributed by atoms with van der Waals surface area (Å²) in [7, 11) is 0. The van der Waals surface area contributed by atoms with E-state index in [1.54, 1.807) is 18.3 Å². The van der Waals surface area contributed by atoms with Gasteiger partial charge in [0.25, 0.3) is 0 Å². The number of nitrogens with zero attached hydrogens (tertiary/aromatic N) is 1. The van der Waals surface area contributed by atoms with E-state index in [1.165, 1.54) is 0 Å². The average molecular weight is 197 g/mol. The van der Waals surface area contributed by atoms with Gasteiger partial charge in [-0.3, -0.25) is 4.98 Å². The minimum atomic E-state index is 0. The van der Waals surface area contributed by atoms with Crippen molar-refractivity contribution in [2.45, 2.75) is 6.54 Å². The van der Waals surface area contributed by atoms with Gasteiger partial charge in [-0.05, 0) is 12.1 Å². The van der Waals surface area contributed by atoms with E-state index in [0.717, 1.165) is 0 Å². The van der Waals surface area contributed by atoms with E-state index in [1.807, 2.05) is 0 Å². The van der Waals surface area contributed by atoms with Gasteiger partial charge in [-0.1, -0.05) is 0 Å². The Morgan fingerprint density at radius 2 is 2.09 bits per heavy atom. The number of hydrogen-bond donors (Lipinski definition) is 2. The predicted molar refractivity (Wildman–Crippen MR) is 48.3 cm³/mol. The maximum Gasteiger partial charge on any atom is 0.138 e. The van der Waals surface area contributed by atoms with Crippen LogP contribution in [0, 0.1) is 0 Å². The molecule has 0 spiro atoms. The molecule has 0 saturated heterocycles. The maximum absolute atomic E-state index is 8.97. The number of aromatic hydroxyl groups is 1. The third-order valence-electron chi connectivity index (χ3n) is 1.06. The molecule has 0 bridgehead atoms. The molecule has 0 aliphatic heterocycles. The molecule has 0 saturated carbocycles. The van der Waals surface area contributed by atoms with E-state index < -0.39 is 0 Å². The molecule has 1 aromatic rings. The highest BCUT2D eigenvalue weighted by atomic mass is 35.5. The largest absolute Gasteiger partial charge is 0.506 e. The van der Waals surface area contributed by atoms with Crippen LogP contribution in [0.4, 0.5) is 0 Å². The zero-order valence-corrected chi connectivity index (χ0v) is 7.36. The van der Waals surface area contributed by atoms with Crippen LogP contribution in [0.25, 0.3) is 0 Å². The summed E-state index contributed by atoms with van der Waals surface area (Å²) < 4.78 is 0. The third kappa shape index (κ3) is 3.41. The second kappa shape index (κ2) is 6.22. The standard InChI is InChI=1S/C6H8N2O.2ClH/c7-4-5-6(9)2-1-3-8-5;;/h1-3,9H,4,7H2;2*1H. The molecule has 0 fully saturated rings. The molecule has 0 aromatic carbocycles. The van der Waals surface area contributed by atoms with Crippen LogP contribution in [0.1, 0.15) is 5.69 Å². The molecule has 64 valence electrons. The maximum atomic E-state index is 8.97. The Kier molecular flexibility index (Phi) is 7.41. The van der Waals surface area contributed by atoms with Crippen molar-refractivity contribution >= 4 is 24.8 Å². The average Bonchev–Trinajstić information content (AvgIpc) is 1.89. The summed E-state index contributed by atoms with van der Waals surface area (Å²) >= 11 is 0. The molecule has 3 N–H and O–H groups in total. The van der Waals surface area contributed by atoms with Gasteiger partial charge in [0.1, 0.15) is 5.75 Å². The van der Waals surface area contributed by atoms with Crippen LogP contribution in [-0.2, 0) is 6.54 Å². The fraction of sp³-hybridized carbons (Fsp3) is 0.167. The molecule has 0 aliphatic carbocycles. The lowest BCUT2D eigenvalue weighted by Crippen LogP contribution is -1.98. The number of nitrogens with two attached hydrogens (primary N) is 1. The first kappa shape index (κ1) is 13.1. The molecule has 0 aliphatic rings. The Morgan fingerprint density at radius 3 is 2.45 bits per heavy atom. The molecular weight excluding hydrogens is 187 g/mol. The van der Waals surface area contributed by atoms with Crippen molar-refractivity contribution in [1.29, 1.82) is 0 Å². The number of halogens is 2. The van der Waals surface area contributed by atoms with E-state index in [0.29, 0.717) is 5.69 Å². The van der Waals surface area contributed by atoms with Crippen molar-refractivity contribution < 1.29 is 5.11 Å². The van der Waals surface area contributed by atoms with Gasteiger partial charge < -0.3 is 10.8 Å². The zero-order chi connectivity index (χ0) is 6.69. The lowest BCUT2D eigenvalue weighted by Gasteiger charge is -1.95. The number of hydrogen-bond acceptors (Lipinski definition) is 3. The fourth-order valence-electron chi connectivity index (χ4n) is 0.587. The molecule has 0 amide bonds. The van der Waals surface area contributed by atoms with E-state index >= 15 is 0 Å². The second-order valence-corrected chi connectivity index (χ2v) is 1.67. The van der Waals surface area contributed by atoms with Gasteiger partial charge in [-0.25, -0.2) is 0 Å². The number of aromatic nitrogens is 1. The first-order chi connectivity index (χ1) is 4.34. The third-order valence-corrected chi connectivity index (χ3v) is 1.06. The van der Waals surface area contributed by atoms with Gasteiger partial charge in [-0.2, -0.15) is 0 Å². The monoisotopic (exact) mass is 196 g/mol. The smallest absolute Gasteiger partial charge is 0.138 e. The van der Waals surface area contributed by atoms with Crippen LogP contribution in [0.3, 0.4) is 0 Å². The summed E-state index contributed by atoms with van der Waals surface area (Å²) in [6.45, 7) is 0.284. The summed E-state index contributed by atoms with van der Waals surface area (Å²) in [4.78, 5) is 3.82. The normalized spacial score (nSPS) is 7.73. The highest BCUT2D eigenvalue weighted by Crippen LogP contribution is 2.10. The van der Waals surface area contributed by atoms with Gasteiger partial charge in [0.2, 0.25) is 0 Å². The van der Waals surface area contributed by atoms with E-state index in [2.05, 4.69) is 4.98 Å². The van der Waals surface area contributed by atoms with Gasteiger partial charge in [0.05, 0.1) is 5.69 Å². The molecule has 3 nitrogen and oxygen atoms in total.